The molecule has 1 aromatic heterocycles. The van der Waals surface area contributed by atoms with Crippen molar-refractivity contribution >= 4 is 0 Å². The fraction of sp³-hybridized carbons (Fsp3) is 0.227. The Hall–Kier alpha value is -2.49. The number of rotatable bonds is 4. The molecule has 2 heterocycles. The third-order valence-corrected chi connectivity index (χ3v) is 4.95. The number of benzene rings is 2. The lowest BCUT2D eigenvalue weighted by atomic mass is 9.76. The summed E-state index contributed by atoms with van der Waals surface area (Å²) in [5.41, 5.74) is 3.35. The molecule has 0 spiro atoms. The Morgan fingerprint density at radius 1 is 0.720 bits per heavy atom. The first kappa shape index (κ1) is 16.0. The minimum atomic E-state index is -0.361. The predicted molar refractivity (Wildman–Crippen MR) is 99.4 cm³/mol. The van der Waals surface area contributed by atoms with Crippen molar-refractivity contribution in [3.8, 4) is 0 Å². The van der Waals surface area contributed by atoms with Crippen LogP contribution in [0.5, 0.6) is 0 Å². The molecule has 126 valence electrons. The van der Waals surface area contributed by atoms with Crippen LogP contribution in [0.4, 0.5) is 0 Å². The van der Waals surface area contributed by atoms with Gasteiger partial charge in [-0.3, -0.25) is 9.88 Å². The van der Waals surface area contributed by atoms with Gasteiger partial charge in [-0.2, -0.15) is 0 Å². The molecule has 25 heavy (non-hydrogen) atoms. The third-order valence-electron chi connectivity index (χ3n) is 4.95. The number of ether oxygens (including phenoxy) is 1. The first-order valence-electron chi connectivity index (χ1n) is 8.77. The van der Waals surface area contributed by atoms with Crippen LogP contribution in [-0.4, -0.2) is 36.2 Å². The molecular formula is C22H22N2O. The Balaban J connectivity index is 2.01. The molecule has 1 aliphatic rings. The summed E-state index contributed by atoms with van der Waals surface area (Å²) in [6.07, 6.45) is 3.83. The van der Waals surface area contributed by atoms with Gasteiger partial charge in [-0.05, 0) is 22.8 Å². The Labute approximate surface area is 148 Å². The van der Waals surface area contributed by atoms with Gasteiger partial charge in [0.2, 0.25) is 0 Å². The van der Waals surface area contributed by atoms with Crippen molar-refractivity contribution < 1.29 is 4.74 Å². The van der Waals surface area contributed by atoms with Crippen LogP contribution in [0.2, 0.25) is 0 Å². The Bertz CT molecular complexity index is 687. The van der Waals surface area contributed by atoms with Gasteiger partial charge in [0.1, 0.15) is 0 Å². The van der Waals surface area contributed by atoms with Crippen LogP contribution >= 0.6 is 0 Å². The van der Waals surface area contributed by atoms with Crippen molar-refractivity contribution in [1.82, 2.24) is 9.88 Å². The van der Waals surface area contributed by atoms with Crippen LogP contribution in [0.3, 0.4) is 0 Å². The Morgan fingerprint density at radius 3 is 1.80 bits per heavy atom. The minimum absolute atomic E-state index is 0.361. The third kappa shape index (κ3) is 2.86. The predicted octanol–water partition coefficient (Wildman–Crippen LogP) is 3.71. The summed E-state index contributed by atoms with van der Waals surface area (Å²) in [5, 5.41) is 0. The largest absolute Gasteiger partial charge is 0.379 e. The summed E-state index contributed by atoms with van der Waals surface area (Å²) in [4.78, 5) is 6.96. The van der Waals surface area contributed by atoms with E-state index >= 15 is 0 Å². The maximum Gasteiger partial charge on any atom is 0.0989 e. The summed E-state index contributed by atoms with van der Waals surface area (Å²) >= 11 is 0. The summed E-state index contributed by atoms with van der Waals surface area (Å²) in [6, 6.07) is 25.7. The second-order valence-corrected chi connectivity index (χ2v) is 6.28. The lowest BCUT2D eigenvalue weighted by Crippen LogP contribution is -2.52. The van der Waals surface area contributed by atoms with Gasteiger partial charge in [-0.1, -0.05) is 66.7 Å². The van der Waals surface area contributed by atoms with Crippen molar-refractivity contribution in [3.05, 3.63) is 102 Å². The number of pyridine rings is 1. The highest BCUT2D eigenvalue weighted by Crippen LogP contribution is 2.42. The lowest BCUT2D eigenvalue weighted by Gasteiger charge is -2.47. The molecule has 0 bridgehead atoms. The molecule has 3 aromatic rings. The van der Waals surface area contributed by atoms with Crippen LogP contribution in [0.15, 0.2) is 85.2 Å². The summed E-state index contributed by atoms with van der Waals surface area (Å²) in [7, 11) is 0. The zero-order chi connectivity index (χ0) is 17.0. The molecule has 4 rings (SSSR count). The molecule has 2 aromatic carbocycles. The molecule has 1 aliphatic heterocycles. The van der Waals surface area contributed by atoms with Gasteiger partial charge in [0.25, 0.3) is 0 Å². The first-order valence-corrected chi connectivity index (χ1v) is 8.77. The number of morpholine rings is 1. The molecule has 0 saturated carbocycles. The molecule has 0 amide bonds. The van der Waals surface area contributed by atoms with Crippen LogP contribution in [0, 0.1) is 0 Å². The molecule has 0 aliphatic carbocycles. The van der Waals surface area contributed by atoms with E-state index < -0.39 is 0 Å². The normalized spacial score (nSPS) is 15.8. The monoisotopic (exact) mass is 330 g/mol. The second kappa shape index (κ2) is 7.18. The summed E-state index contributed by atoms with van der Waals surface area (Å²) in [6.45, 7) is 3.28. The second-order valence-electron chi connectivity index (χ2n) is 6.28. The van der Waals surface area contributed by atoms with Crippen molar-refractivity contribution in [3.63, 3.8) is 0 Å². The van der Waals surface area contributed by atoms with E-state index in [-0.39, 0.29) is 5.54 Å². The van der Waals surface area contributed by atoms with Crippen LogP contribution in [0.25, 0.3) is 0 Å². The maximum atomic E-state index is 5.65. The SMILES string of the molecule is c1ccc(C(c2ccccc2)(c2cccnc2)N2CCOCC2)cc1. The number of hydrogen-bond acceptors (Lipinski definition) is 3. The van der Waals surface area contributed by atoms with E-state index in [2.05, 4.69) is 76.6 Å². The highest BCUT2D eigenvalue weighted by atomic mass is 16.5. The number of hydrogen-bond donors (Lipinski definition) is 0. The standard InChI is InChI=1S/C22H22N2O/c1-3-8-19(9-4-1)22(20-10-5-2-6-11-20,21-12-7-13-23-18-21)24-14-16-25-17-15-24/h1-13,18H,14-17H2. The Morgan fingerprint density at radius 2 is 1.28 bits per heavy atom. The van der Waals surface area contributed by atoms with Crippen molar-refractivity contribution in [2.75, 3.05) is 26.3 Å². The van der Waals surface area contributed by atoms with Gasteiger partial charge >= 0.3 is 0 Å². The van der Waals surface area contributed by atoms with Gasteiger partial charge in [0.05, 0.1) is 18.8 Å². The first-order chi connectivity index (χ1) is 12.4. The molecule has 0 unspecified atom stereocenters. The maximum absolute atomic E-state index is 5.65. The Kier molecular flexibility index (Phi) is 4.59. The van der Waals surface area contributed by atoms with Gasteiger partial charge in [-0.25, -0.2) is 0 Å². The van der Waals surface area contributed by atoms with Crippen molar-refractivity contribution in [1.29, 1.82) is 0 Å². The van der Waals surface area contributed by atoms with E-state index in [0.29, 0.717) is 0 Å². The minimum Gasteiger partial charge on any atom is -0.379 e. The average Bonchev–Trinajstić information content (AvgIpc) is 2.72. The van der Waals surface area contributed by atoms with E-state index in [1.54, 1.807) is 0 Å². The highest BCUT2D eigenvalue weighted by molar-refractivity contribution is 5.49. The zero-order valence-electron chi connectivity index (χ0n) is 14.2. The van der Waals surface area contributed by atoms with E-state index in [0.717, 1.165) is 26.3 Å². The topological polar surface area (TPSA) is 25.4 Å². The van der Waals surface area contributed by atoms with Gasteiger partial charge in [-0.15, -0.1) is 0 Å². The fourth-order valence-corrected chi connectivity index (χ4v) is 3.88. The molecule has 1 saturated heterocycles. The van der Waals surface area contributed by atoms with Crippen LogP contribution in [0.1, 0.15) is 16.7 Å². The molecule has 3 heteroatoms. The quantitative estimate of drug-likeness (QED) is 0.729. The van der Waals surface area contributed by atoms with Crippen LogP contribution in [-0.2, 0) is 10.3 Å². The molecule has 0 atom stereocenters. The van der Waals surface area contributed by atoms with E-state index in [1.165, 1.54) is 16.7 Å². The smallest absolute Gasteiger partial charge is 0.0989 e. The highest BCUT2D eigenvalue weighted by Gasteiger charge is 2.42. The lowest BCUT2D eigenvalue weighted by molar-refractivity contribution is 0.00218. The average molecular weight is 330 g/mol. The molecule has 1 fully saturated rings. The molecule has 3 nitrogen and oxygen atoms in total. The van der Waals surface area contributed by atoms with E-state index in [1.807, 2.05) is 18.5 Å². The number of nitrogens with zero attached hydrogens (tertiary/aromatic N) is 2. The fourth-order valence-electron chi connectivity index (χ4n) is 3.88. The van der Waals surface area contributed by atoms with E-state index in [9.17, 15) is 0 Å². The zero-order valence-corrected chi connectivity index (χ0v) is 14.2. The van der Waals surface area contributed by atoms with Gasteiger partial charge in [0, 0.05) is 25.5 Å². The van der Waals surface area contributed by atoms with Crippen molar-refractivity contribution in [2.24, 2.45) is 0 Å². The van der Waals surface area contributed by atoms with Gasteiger partial charge < -0.3 is 4.74 Å². The van der Waals surface area contributed by atoms with E-state index in [4.69, 9.17) is 4.74 Å². The van der Waals surface area contributed by atoms with Gasteiger partial charge in [0.15, 0.2) is 0 Å². The van der Waals surface area contributed by atoms with Crippen molar-refractivity contribution in [2.45, 2.75) is 5.54 Å². The molecule has 0 N–H and O–H groups in total. The summed E-state index contributed by atoms with van der Waals surface area (Å²) < 4.78 is 5.65. The summed E-state index contributed by atoms with van der Waals surface area (Å²) in [5.74, 6) is 0. The van der Waals surface area contributed by atoms with Crippen LogP contribution < -0.4 is 0 Å². The molecule has 0 radical (unpaired) electrons. The molecular weight excluding hydrogens is 308 g/mol. The number of aromatic nitrogens is 1.